The maximum Gasteiger partial charge on any atom is 0.343 e. The van der Waals surface area contributed by atoms with Crippen molar-refractivity contribution >= 4 is 5.97 Å². The van der Waals surface area contributed by atoms with Gasteiger partial charge in [-0.05, 0) is 31.2 Å². The van der Waals surface area contributed by atoms with Crippen LogP contribution in [0.3, 0.4) is 0 Å². The number of ether oxygens (including phenoxy) is 3. The highest BCUT2D eigenvalue weighted by Gasteiger charge is 2.32. The number of hydrogen-bond acceptors (Lipinski definition) is 6. The SMILES string of the molecule is CCOc1ccccc1C1C(C#N)=C(N)Oc2cc(OC(=O)c3ccccc3)ccc21. The van der Waals surface area contributed by atoms with Gasteiger partial charge in [0.15, 0.2) is 0 Å². The highest BCUT2D eigenvalue weighted by atomic mass is 16.5. The molecule has 1 aliphatic heterocycles. The van der Waals surface area contributed by atoms with E-state index < -0.39 is 11.9 Å². The fourth-order valence-corrected chi connectivity index (χ4v) is 3.57. The summed E-state index contributed by atoms with van der Waals surface area (Å²) in [6, 6.07) is 23.5. The molecular formula is C25H20N2O4. The number of carbonyl (C=O) groups excluding carboxylic acids is 1. The van der Waals surface area contributed by atoms with Gasteiger partial charge in [-0.15, -0.1) is 0 Å². The summed E-state index contributed by atoms with van der Waals surface area (Å²) in [5, 5.41) is 9.76. The molecule has 6 heteroatoms. The summed E-state index contributed by atoms with van der Waals surface area (Å²) in [6.45, 7) is 2.39. The van der Waals surface area contributed by atoms with Crippen LogP contribution in [0.25, 0.3) is 0 Å². The van der Waals surface area contributed by atoms with Crippen LogP contribution in [-0.2, 0) is 0 Å². The summed E-state index contributed by atoms with van der Waals surface area (Å²) in [5.41, 5.74) is 8.37. The molecule has 2 N–H and O–H groups in total. The minimum absolute atomic E-state index is 0.0119. The smallest absolute Gasteiger partial charge is 0.343 e. The van der Waals surface area contributed by atoms with Gasteiger partial charge in [0.1, 0.15) is 28.9 Å². The van der Waals surface area contributed by atoms with E-state index >= 15 is 0 Å². The van der Waals surface area contributed by atoms with Crippen LogP contribution >= 0.6 is 0 Å². The number of esters is 1. The highest BCUT2D eigenvalue weighted by Crippen LogP contribution is 2.45. The Labute approximate surface area is 180 Å². The fraction of sp³-hybridized carbons (Fsp3) is 0.120. The average molecular weight is 412 g/mol. The summed E-state index contributed by atoms with van der Waals surface area (Å²) in [6.07, 6.45) is 0. The third-order valence-corrected chi connectivity index (χ3v) is 4.94. The monoisotopic (exact) mass is 412 g/mol. The molecule has 0 aromatic heterocycles. The van der Waals surface area contributed by atoms with Crippen molar-refractivity contribution in [1.29, 1.82) is 5.26 Å². The lowest BCUT2D eigenvalue weighted by molar-refractivity contribution is 0.0734. The average Bonchev–Trinajstić information content (AvgIpc) is 2.79. The lowest BCUT2D eigenvalue weighted by Gasteiger charge is -2.27. The second-order valence-corrected chi connectivity index (χ2v) is 6.85. The Morgan fingerprint density at radius 3 is 2.55 bits per heavy atom. The number of rotatable bonds is 5. The van der Waals surface area contributed by atoms with Crippen LogP contribution in [-0.4, -0.2) is 12.6 Å². The molecule has 154 valence electrons. The van der Waals surface area contributed by atoms with Crippen LogP contribution in [0, 0.1) is 11.3 Å². The van der Waals surface area contributed by atoms with Gasteiger partial charge in [-0.2, -0.15) is 5.26 Å². The molecule has 0 bridgehead atoms. The first-order valence-corrected chi connectivity index (χ1v) is 9.82. The molecule has 0 radical (unpaired) electrons. The molecule has 4 rings (SSSR count). The van der Waals surface area contributed by atoms with Crippen molar-refractivity contribution in [1.82, 2.24) is 0 Å². The minimum Gasteiger partial charge on any atom is -0.494 e. The van der Waals surface area contributed by atoms with Crippen LogP contribution in [0.1, 0.15) is 34.3 Å². The first kappa shape index (κ1) is 20.0. The summed E-state index contributed by atoms with van der Waals surface area (Å²) < 4.78 is 17.0. The van der Waals surface area contributed by atoms with Gasteiger partial charge in [-0.3, -0.25) is 0 Å². The third kappa shape index (κ3) is 3.94. The molecule has 1 aliphatic rings. The number of benzene rings is 3. The van der Waals surface area contributed by atoms with E-state index in [0.717, 1.165) is 11.1 Å². The largest absolute Gasteiger partial charge is 0.494 e. The number of fused-ring (bicyclic) bond motifs is 1. The van der Waals surface area contributed by atoms with Crippen LogP contribution in [0.2, 0.25) is 0 Å². The summed E-state index contributed by atoms with van der Waals surface area (Å²) in [5.74, 6) is 0.482. The number of allylic oxidation sites excluding steroid dienone is 1. The summed E-state index contributed by atoms with van der Waals surface area (Å²) >= 11 is 0. The van der Waals surface area contributed by atoms with Gasteiger partial charge in [-0.25, -0.2) is 4.79 Å². The zero-order chi connectivity index (χ0) is 21.8. The molecule has 0 saturated heterocycles. The molecule has 0 amide bonds. The highest BCUT2D eigenvalue weighted by molar-refractivity contribution is 5.91. The molecule has 0 aliphatic carbocycles. The normalized spacial score (nSPS) is 14.8. The first-order chi connectivity index (χ1) is 15.1. The molecule has 31 heavy (non-hydrogen) atoms. The molecule has 1 heterocycles. The van der Waals surface area contributed by atoms with Crippen LogP contribution in [0.5, 0.6) is 17.2 Å². The topological polar surface area (TPSA) is 94.6 Å². The number of carbonyl (C=O) groups is 1. The fourth-order valence-electron chi connectivity index (χ4n) is 3.57. The second-order valence-electron chi connectivity index (χ2n) is 6.85. The lowest BCUT2D eigenvalue weighted by atomic mass is 9.83. The lowest BCUT2D eigenvalue weighted by Crippen LogP contribution is -2.21. The Kier molecular flexibility index (Phi) is 5.59. The predicted molar refractivity (Wildman–Crippen MR) is 115 cm³/mol. The molecule has 6 nitrogen and oxygen atoms in total. The van der Waals surface area contributed by atoms with Crippen LogP contribution in [0.4, 0.5) is 0 Å². The van der Waals surface area contributed by atoms with Gasteiger partial charge in [-0.1, -0.05) is 42.5 Å². The standard InChI is InChI=1S/C25H20N2O4/c1-2-29-21-11-7-6-10-18(21)23-19-13-12-17(14-22(19)31-24(27)20(23)15-26)30-25(28)16-8-4-3-5-9-16/h3-14,23H,2,27H2,1H3. The van der Waals surface area contributed by atoms with Crippen LogP contribution < -0.4 is 19.9 Å². The maximum atomic E-state index is 12.4. The van der Waals surface area contributed by atoms with Gasteiger partial charge in [0.05, 0.1) is 18.1 Å². The van der Waals surface area contributed by atoms with Crippen molar-refractivity contribution in [3.8, 4) is 23.3 Å². The Hall–Kier alpha value is -4.24. The van der Waals surface area contributed by atoms with Gasteiger partial charge >= 0.3 is 5.97 Å². The Balaban J connectivity index is 1.73. The van der Waals surface area contributed by atoms with Crippen molar-refractivity contribution in [3.05, 3.63) is 101 Å². The molecule has 3 aromatic rings. The molecule has 1 atom stereocenters. The second kappa shape index (κ2) is 8.64. The van der Waals surface area contributed by atoms with Gasteiger partial charge in [0.25, 0.3) is 0 Å². The number of nitrogens with two attached hydrogens (primary N) is 1. The van der Waals surface area contributed by atoms with Crippen molar-refractivity contribution in [3.63, 3.8) is 0 Å². The number of para-hydroxylation sites is 1. The van der Waals surface area contributed by atoms with E-state index in [1.165, 1.54) is 0 Å². The Morgan fingerprint density at radius 1 is 1.06 bits per heavy atom. The zero-order valence-corrected chi connectivity index (χ0v) is 16.9. The zero-order valence-electron chi connectivity index (χ0n) is 16.9. The first-order valence-electron chi connectivity index (χ1n) is 9.82. The van der Waals surface area contributed by atoms with E-state index in [4.69, 9.17) is 19.9 Å². The molecule has 3 aromatic carbocycles. The van der Waals surface area contributed by atoms with E-state index in [-0.39, 0.29) is 5.88 Å². The van der Waals surface area contributed by atoms with E-state index in [0.29, 0.717) is 35.0 Å². The van der Waals surface area contributed by atoms with Gasteiger partial charge < -0.3 is 19.9 Å². The molecule has 0 fully saturated rings. The molecule has 0 saturated carbocycles. The quantitative estimate of drug-likeness (QED) is 0.489. The van der Waals surface area contributed by atoms with Crippen LogP contribution in [0.15, 0.2) is 84.3 Å². The number of nitriles is 1. The van der Waals surface area contributed by atoms with E-state index in [2.05, 4.69) is 6.07 Å². The number of nitrogens with zero attached hydrogens (tertiary/aromatic N) is 1. The van der Waals surface area contributed by atoms with Crippen molar-refractivity contribution < 1.29 is 19.0 Å². The van der Waals surface area contributed by atoms with E-state index in [1.54, 1.807) is 42.5 Å². The van der Waals surface area contributed by atoms with E-state index in [9.17, 15) is 10.1 Å². The Morgan fingerprint density at radius 2 is 1.81 bits per heavy atom. The van der Waals surface area contributed by atoms with Gasteiger partial charge in [0, 0.05) is 17.2 Å². The summed E-state index contributed by atoms with van der Waals surface area (Å²) in [4.78, 5) is 12.4. The molecule has 0 spiro atoms. The van der Waals surface area contributed by atoms with Gasteiger partial charge in [0.2, 0.25) is 5.88 Å². The Bertz CT molecular complexity index is 1200. The number of hydrogen-bond donors (Lipinski definition) is 1. The van der Waals surface area contributed by atoms with E-state index in [1.807, 2.05) is 37.3 Å². The van der Waals surface area contributed by atoms with Crippen molar-refractivity contribution in [2.24, 2.45) is 5.73 Å². The van der Waals surface area contributed by atoms with Crippen molar-refractivity contribution in [2.45, 2.75) is 12.8 Å². The van der Waals surface area contributed by atoms with Crippen molar-refractivity contribution in [2.75, 3.05) is 6.61 Å². The molecular weight excluding hydrogens is 392 g/mol. The third-order valence-electron chi connectivity index (χ3n) is 4.94. The predicted octanol–water partition coefficient (Wildman–Crippen LogP) is 4.52. The summed E-state index contributed by atoms with van der Waals surface area (Å²) in [7, 11) is 0. The molecule has 1 unspecified atom stereocenters. The maximum absolute atomic E-state index is 12.4. The minimum atomic E-state index is -0.476.